The number of nitrogens with one attached hydrogen (secondary N) is 1. The third-order valence-corrected chi connectivity index (χ3v) is 3.37. The minimum absolute atomic E-state index is 0.0998. The fraction of sp³-hybridized carbons (Fsp3) is 0.176. The lowest BCUT2D eigenvalue weighted by Crippen LogP contribution is -2.26. The zero-order valence-corrected chi connectivity index (χ0v) is 12.0. The highest BCUT2D eigenvalue weighted by molar-refractivity contribution is 6.10. The fourth-order valence-electron chi connectivity index (χ4n) is 2.24. The molecule has 0 saturated heterocycles. The number of hydrogen-bond donors (Lipinski definition) is 1. The number of carbonyl (C=O) groups excluding carboxylic acids is 2. The highest BCUT2D eigenvalue weighted by Gasteiger charge is 2.14. The number of para-hydroxylation sites is 1. The molecule has 0 aliphatic rings. The van der Waals surface area contributed by atoms with Crippen molar-refractivity contribution in [2.75, 3.05) is 5.32 Å². The Kier molecular flexibility index (Phi) is 4.38. The number of amides is 1. The van der Waals surface area contributed by atoms with Crippen molar-refractivity contribution in [3.8, 4) is 0 Å². The lowest BCUT2D eigenvalue weighted by molar-refractivity contribution is -0.255. The summed E-state index contributed by atoms with van der Waals surface area (Å²) >= 11 is 0. The van der Waals surface area contributed by atoms with Gasteiger partial charge in [0.2, 0.25) is 0 Å². The van der Waals surface area contributed by atoms with Crippen LogP contribution in [0.2, 0.25) is 0 Å². The molecule has 2 aromatic rings. The zero-order valence-electron chi connectivity index (χ0n) is 12.0. The summed E-state index contributed by atoms with van der Waals surface area (Å²) in [4.78, 5) is 23.4. The second kappa shape index (κ2) is 6.22. The van der Waals surface area contributed by atoms with Crippen molar-refractivity contribution >= 4 is 17.6 Å². The molecule has 0 bridgehead atoms. The Morgan fingerprint density at radius 1 is 1.05 bits per heavy atom. The van der Waals surface area contributed by atoms with Gasteiger partial charge in [0.25, 0.3) is 5.91 Å². The van der Waals surface area contributed by atoms with E-state index in [0.717, 1.165) is 23.2 Å². The first kappa shape index (κ1) is 14.8. The molecule has 4 nitrogen and oxygen atoms in total. The number of rotatable bonds is 4. The van der Waals surface area contributed by atoms with Crippen molar-refractivity contribution in [3.05, 3.63) is 64.7 Å². The number of hydrogen-bond acceptors (Lipinski definition) is 3. The van der Waals surface area contributed by atoms with Crippen LogP contribution in [0.4, 0.5) is 5.69 Å². The number of carboxylic acid groups (broad SMARTS) is 1. The number of benzene rings is 2. The fourth-order valence-corrected chi connectivity index (χ4v) is 2.24. The number of carboxylic acids is 1. The zero-order chi connectivity index (χ0) is 15.4. The lowest BCUT2D eigenvalue weighted by Gasteiger charge is -2.15. The second-order valence-corrected chi connectivity index (χ2v) is 4.75. The van der Waals surface area contributed by atoms with Gasteiger partial charge in [0, 0.05) is 16.8 Å². The monoisotopic (exact) mass is 282 g/mol. The molecule has 1 amide bonds. The summed E-state index contributed by atoms with van der Waals surface area (Å²) in [5.74, 6) is -1.81. The molecule has 0 unspecified atom stereocenters. The van der Waals surface area contributed by atoms with E-state index < -0.39 is 11.9 Å². The second-order valence-electron chi connectivity index (χ2n) is 4.75. The van der Waals surface area contributed by atoms with Crippen molar-refractivity contribution in [2.24, 2.45) is 0 Å². The average Bonchev–Trinajstić information content (AvgIpc) is 2.49. The van der Waals surface area contributed by atoms with E-state index in [1.165, 1.54) is 12.1 Å². The third-order valence-electron chi connectivity index (χ3n) is 3.37. The smallest absolute Gasteiger partial charge is 0.256 e. The van der Waals surface area contributed by atoms with Crippen LogP contribution in [0.5, 0.6) is 0 Å². The molecule has 1 N–H and O–H groups in total. The van der Waals surface area contributed by atoms with Crippen molar-refractivity contribution in [3.63, 3.8) is 0 Å². The summed E-state index contributed by atoms with van der Waals surface area (Å²) in [5.41, 5.74) is 2.67. The number of carbonyl (C=O) groups is 2. The molecule has 2 aromatic carbocycles. The van der Waals surface area contributed by atoms with E-state index in [4.69, 9.17) is 0 Å². The summed E-state index contributed by atoms with van der Waals surface area (Å²) in [6, 6.07) is 11.8. The summed E-state index contributed by atoms with van der Waals surface area (Å²) in [6.07, 6.45) is 0.777. The summed E-state index contributed by atoms with van der Waals surface area (Å²) in [6.45, 7) is 3.90. The maximum atomic E-state index is 12.4. The van der Waals surface area contributed by atoms with E-state index in [1.807, 2.05) is 32.0 Å². The number of aromatic carboxylic acids is 1. The Morgan fingerprint density at radius 2 is 1.71 bits per heavy atom. The van der Waals surface area contributed by atoms with Crippen molar-refractivity contribution in [1.82, 2.24) is 0 Å². The molecule has 2 rings (SSSR count). The highest BCUT2D eigenvalue weighted by Crippen LogP contribution is 2.22. The number of anilines is 1. The van der Waals surface area contributed by atoms with E-state index in [2.05, 4.69) is 5.32 Å². The first-order valence-electron chi connectivity index (χ1n) is 6.74. The predicted molar refractivity (Wildman–Crippen MR) is 79.3 cm³/mol. The Bertz CT molecular complexity index is 692. The van der Waals surface area contributed by atoms with E-state index in [9.17, 15) is 14.7 Å². The molecule has 0 aliphatic heterocycles. The van der Waals surface area contributed by atoms with Crippen molar-refractivity contribution < 1.29 is 14.7 Å². The Hall–Kier alpha value is -2.62. The largest absolute Gasteiger partial charge is 0.545 e. The van der Waals surface area contributed by atoms with E-state index in [-0.39, 0.29) is 11.1 Å². The first-order valence-corrected chi connectivity index (χ1v) is 6.74. The molecule has 108 valence electrons. The number of aryl methyl sites for hydroxylation is 2. The quantitative estimate of drug-likeness (QED) is 0.934. The third kappa shape index (κ3) is 3.11. The summed E-state index contributed by atoms with van der Waals surface area (Å²) in [5, 5.41) is 13.9. The van der Waals surface area contributed by atoms with Gasteiger partial charge in [-0.2, -0.15) is 0 Å². The minimum atomic E-state index is -1.36. The average molecular weight is 282 g/mol. The Morgan fingerprint density at radius 3 is 2.33 bits per heavy atom. The standard InChI is InChI=1S/C17H17NO3/c1-3-12-8-6-7-11(2)15(12)18-16(19)13-9-4-5-10-14(13)17(20)21/h4-10H,3H2,1-2H3,(H,18,19)(H,20,21)/p-1. The molecule has 0 fully saturated rings. The van der Waals surface area contributed by atoms with Crippen LogP contribution in [0.15, 0.2) is 42.5 Å². The topological polar surface area (TPSA) is 69.2 Å². The van der Waals surface area contributed by atoms with E-state index >= 15 is 0 Å². The van der Waals surface area contributed by atoms with Crippen LogP contribution >= 0.6 is 0 Å². The molecule has 0 aliphatic carbocycles. The van der Waals surface area contributed by atoms with Crippen molar-refractivity contribution in [2.45, 2.75) is 20.3 Å². The maximum absolute atomic E-state index is 12.4. The molecule has 0 aromatic heterocycles. The van der Waals surface area contributed by atoms with Gasteiger partial charge in [-0.15, -0.1) is 0 Å². The van der Waals surface area contributed by atoms with Crippen LogP contribution in [0, 0.1) is 6.92 Å². The van der Waals surface area contributed by atoms with Crippen molar-refractivity contribution in [1.29, 1.82) is 0 Å². The minimum Gasteiger partial charge on any atom is -0.545 e. The molecule has 0 radical (unpaired) electrons. The summed E-state index contributed by atoms with van der Waals surface area (Å²) < 4.78 is 0. The van der Waals surface area contributed by atoms with Crippen LogP contribution in [0.25, 0.3) is 0 Å². The van der Waals surface area contributed by atoms with Gasteiger partial charge >= 0.3 is 0 Å². The van der Waals surface area contributed by atoms with Crippen LogP contribution in [-0.2, 0) is 6.42 Å². The van der Waals surface area contributed by atoms with Crippen LogP contribution in [-0.4, -0.2) is 11.9 Å². The molecule has 0 saturated carbocycles. The molecule has 0 atom stereocenters. The molecule has 0 heterocycles. The normalized spacial score (nSPS) is 10.2. The highest BCUT2D eigenvalue weighted by atomic mass is 16.4. The Labute approximate surface area is 123 Å². The Balaban J connectivity index is 2.38. The first-order chi connectivity index (χ1) is 10.0. The van der Waals surface area contributed by atoms with Gasteiger partial charge in [-0.25, -0.2) is 0 Å². The lowest BCUT2D eigenvalue weighted by atomic mass is 10.0. The van der Waals surface area contributed by atoms with Gasteiger partial charge in [0.05, 0.1) is 5.97 Å². The van der Waals surface area contributed by atoms with Gasteiger partial charge in [-0.3, -0.25) is 4.79 Å². The van der Waals surface area contributed by atoms with Gasteiger partial charge in [0.1, 0.15) is 0 Å². The maximum Gasteiger partial charge on any atom is 0.256 e. The molecular formula is C17H16NO3-. The van der Waals surface area contributed by atoms with E-state index in [1.54, 1.807) is 12.1 Å². The molecule has 21 heavy (non-hydrogen) atoms. The van der Waals surface area contributed by atoms with Crippen LogP contribution in [0.1, 0.15) is 38.8 Å². The van der Waals surface area contributed by atoms with Gasteiger partial charge < -0.3 is 15.2 Å². The summed E-state index contributed by atoms with van der Waals surface area (Å²) in [7, 11) is 0. The molecular weight excluding hydrogens is 266 g/mol. The molecule has 4 heteroatoms. The van der Waals surface area contributed by atoms with Crippen LogP contribution < -0.4 is 10.4 Å². The SMILES string of the molecule is CCc1cccc(C)c1NC(=O)c1ccccc1C(=O)[O-]. The van der Waals surface area contributed by atoms with Gasteiger partial charge in [-0.1, -0.05) is 43.3 Å². The predicted octanol–water partition coefficient (Wildman–Crippen LogP) is 2.17. The molecule has 0 spiro atoms. The van der Waals surface area contributed by atoms with Gasteiger partial charge in [0.15, 0.2) is 0 Å². The van der Waals surface area contributed by atoms with E-state index in [0.29, 0.717) is 0 Å². The van der Waals surface area contributed by atoms with Crippen LogP contribution in [0.3, 0.4) is 0 Å². The van der Waals surface area contributed by atoms with Gasteiger partial charge in [-0.05, 0) is 30.5 Å².